The average molecular weight is 317 g/mol. The van der Waals surface area contributed by atoms with Crippen LogP contribution in [0.3, 0.4) is 0 Å². The minimum absolute atomic E-state index is 0.170. The van der Waals surface area contributed by atoms with Gasteiger partial charge in [0.2, 0.25) is 10.0 Å². The first kappa shape index (κ1) is 13.3. The third-order valence-electron chi connectivity index (χ3n) is 1.70. The van der Waals surface area contributed by atoms with Gasteiger partial charge in [-0.15, -0.1) is 0 Å². The lowest BCUT2D eigenvalue weighted by Crippen LogP contribution is -2.16. The van der Waals surface area contributed by atoms with Crippen molar-refractivity contribution in [3.05, 3.63) is 16.4 Å². The molecule has 9 heteroatoms. The fraction of sp³-hybridized carbons (Fsp3) is 0.286. The van der Waals surface area contributed by atoms with Crippen molar-refractivity contribution in [1.82, 2.24) is 4.98 Å². The second-order valence-corrected chi connectivity index (χ2v) is 4.96. The molecule has 0 fully saturated rings. The number of primary sulfonamides is 1. The van der Waals surface area contributed by atoms with Gasteiger partial charge in [0.25, 0.3) is 6.43 Å². The summed E-state index contributed by atoms with van der Waals surface area (Å²) in [4.78, 5) is 2.88. The molecule has 1 rings (SSSR count). The number of alkyl halides is 2. The Bertz CT molecular complexity index is 507. The van der Waals surface area contributed by atoms with Gasteiger partial charge < -0.3 is 4.74 Å². The van der Waals surface area contributed by atoms with E-state index in [9.17, 15) is 17.2 Å². The van der Waals surface area contributed by atoms with Crippen LogP contribution in [0.25, 0.3) is 0 Å². The maximum atomic E-state index is 12.5. The topological polar surface area (TPSA) is 82.3 Å². The van der Waals surface area contributed by atoms with E-state index in [1.54, 1.807) is 0 Å². The molecular weight excluding hydrogens is 310 g/mol. The molecule has 0 aliphatic heterocycles. The maximum absolute atomic E-state index is 12.5. The summed E-state index contributed by atoms with van der Waals surface area (Å²) in [6.45, 7) is 0. The van der Waals surface area contributed by atoms with Crippen LogP contribution in [0, 0.1) is 0 Å². The van der Waals surface area contributed by atoms with E-state index in [2.05, 4.69) is 25.7 Å². The molecule has 1 heterocycles. The zero-order valence-electron chi connectivity index (χ0n) is 7.95. The van der Waals surface area contributed by atoms with E-state index in [4.69, 9.17) is 5.14 Å². The summed E-state index contributed by atoms with van der Waals surface area (Å²) in [5.41, 5.74) is -0.630. The lowest BCUT2D eigenvalue weighted by Gasteiger charge is -2.12. The van der Waals surface area contributed by atoms with Crippen LogP contribution >= 0.6 is 15.9 Å². The molecule has 16 heavy (non-hydrogen) atoms. The summed E-state index contributed by atoms with van der Waals surface area (Å²) >= 11 is 2.81. The van der Waals surface area contributed by atoms with Crippen molar-refractivity contribution < 1.29 is 21.9 Å². The molecule has 0 unspecified atom stereocenters. The second kappa shape index (κ2) is 4.60. The SMILES string of the molecule is COc1c(C(F)F)cnc(Br)c1S(N)(=O)=O. The first-order valence-electron chi connectivity index (χ1n) is 3.82. The number of nitrogens with two attached hydrogens (primary N) is 1. The van der Waals surface area contributed by atoms with Gasteiger partial charge >= 0.3 is 0 Å². The van der Waals surface area contributed by atoms with Crippen molar-refractivity contribution in [2.75, 3.05) is 7.11 Å². The first-order valence-corrected chi connectivity index (χ1v) is 6.16. The van der Waals surface area contributed by atoms with Gasteiger partial charge in [0.05, 0.1) is 12.7 Å². The van der Waals surface area contributed by atoms with Crippen molar-refractivity contribution in [1.29, 1.82) is 0 Å². The van der Waals surface area contributed by atoms with E-state index >= 15 is 0 Å². The van der Waals surface area contributed by atoms with Crippen molar-refractivity contribution in [2.24, 2.45) is 5.14 Å². The van der Waals surface area contributed by atoms with Crippen LogP contribution in [0.15, 0.2) is 15.7 Å². The van der Waals surface area contributed by atoms with E-state index in [-0.39, 0.29) is 4.60 Å². The van der Waals surface area contributed by atoms with Crippen LogP contribution in [0.5, 0.6) is 5.75 Å². The van der Waals surface area contributed by atoms with Gasteiger partial charge in [0.1, 0.15) is 4.60 Å². The van der Waals surface area contributed by atoms with E-state index in [0.717, 1.165) is 13.3 Å². The van der Waals surface area contributed by atoms with Crippen LogP contribution in [-0.4, -0.2) is 20.5 Å². The lowest BCUT2D eigenvalue weighted by atomic mass is 10.2. The number of aromatic nitrogens is 1. The van der Waals surface area contributed by atoms with Crippen molar-refractivity contribution >= 4 is 26.0 Å². The van der Waals surface area contributed by atoms with Crippen molar-refractivity contribution in [3.63, 3.8) is 0 Å². The number of methoxy groups -OCH3 is 1. The molecule has 90 valence electrons. The highest BCUT2D eigenvalue weighted by molar-refractivity contribution is 9.10. The molecule has 2 N–H and O–H groups in total. The van der Waals surface area contributed by atoms with Crippen molar-refractivity contribution in [3.8, 4) is 5.75 Å². The molecule has 1 aromatic heterocycles. The largest absolute Gasteiger partial charge is 0.495 e. The lowest BCUT2D eigenvalue weighted by molar-refractivity contribution is 0.145. The number of nitrogens with zero attached hydrogens (tertiary/aromatic N) is 1. The zero-order valence-corrected chi connectivity index (χ0v) is 10.3. The maximum Gasteiger partial charge on any atom is 0.268 e. The molecule has 0 amide bonds. The Balaban J connectivity index is 3.64. The molecule has 5 nitrogen and oxygen atoms in total. The molecule has 0 atom stereocenters. The van der Waals surface area contributed by atoms with Crippen LogP contribution in [-0.2, 0) is 10.0 Å². The molecule has 0 radical (unpaired) electrons. The molecule has 0 saturated heterocycles. The van der Waals surface area contributed by atoms with E-state index in [1.807, 2.05) is 0 Å². The number of hydrogen-bond acceptors (Lipinski definition) is 4. The van der Waals surface area contributed by atoms with Gasteiger partial charge in [-0.1, -0.05) is 0 Å². The minimum atomic E-state index is -4.20. The Hall–Kier alpha value is -0.800. The van der Waals surface area contributed by atoms with Crippen LogP contribution < -0.4 is 9.88 Å². The summed E-state index contributed by atoms with van der Waals surface area (Å²) in [6, 6.07) is 0. The predicted molar refractivity (Wildman–Crippen MR) is 54.8 cm³/mol. The highest BCUT2D eigenvalue weighted by Crippen LogP contribution is 2.36. The normalized spacial score (nSPS) is 11.9. The van der Waals surface area contributed by atoms with Gasteiger partial charge in [0, 0.05) is 6.20 Å². The molecule has 1 aromatic rings. The van der Waals surface area contributed by atoms with E-state index in [1.165, 1.54) is 0 Å². The smallest absolute Gasteiger partial charge is 0.268 e. The fourth-order valence-electron chi connectivity index (χ4n) is 1.08. The van der Waals surface area contributed by atoms with Crippen molar-refractivity contribution in [2.45, 2.75) is 11.3 Å². The number of rotatable bonds is 3. The Morgan fingerprint density at radius 2 is 2.12 bits per heavy atom. The van der Waals surface area contributed by atoms with Gasteiger partial charge in [-0.3, -0.25) is 0 Å². The number of sulfonamides is 1. The predicted octanol–water partition coefficient (Wildman–Crippen LogP) is 1.44. The standard InChI is InChI=1S/C7H7BrF2N2O3S/c1-15-4-3(7(9)10)2-12-6(8)5(4)16(11,13)14/h2,7H,1H3,(H2,11,13,14). The summed E-state index contributed by atoms with van der Waals surface area (Å²) in [5.74, 6) is -0.501. The highest BCUT2D eigenvalue weighted by atomic mass is 79.9. The molecule has 0 aliphatic carbocycles. The summed E-state index contributed by atoms with van der Waals surface area (Å²) in [6.07, 6.45) is -2.08. The number of ether oxygens (including phenoxy) is 1. The van der Waals surface area contributed by atoms with Gasteiger partial charge in [-0.25, -0.2) is 27.3 Å². The summed E-state index contributed by atoms with van der Waals surface area (Å²) in [5, 5.41) is 4.88. The Kier molecular flexibility index (Phi) is 3.81. The summed E-state index contributed by atoms with van der Waals surface area (Å²) in [7, 11) is -3.13. The quantitative estimate of drug-likeness (QED) is 0.855. The Morgan fingerprint density at radius 3 is 2.50 bits per heavy atom. The summed E-state index contributed by atoms with van der Waals surface area (Å²) < 4.78 is 51.9. The number of pyridine rings is 1. The number of halogens is 3. The van der Waals surface area contributed by atoms with Crippen LogP contribution in [0.2, 0.25) is 0 Å². The Morgan fingerprint density at radius 1 is 1.56 bits per heavy atom. The van der Waals surface area contributed by atoms with E-state index < -0.39 is 32.7 Å². The molecule has 0 spiro atoms. The van der Waals surface area contributed by atoms with Gasteiger partial charge in [-0.05, 0) is 15.9 Å². The molecule has 0 saturated carbocycles. The molecule has 0 aliphatic rings. The highest BCUT2D eigenvalue weighted by Gasteiger charge is 2.26. The zero-order chi connectivity index (χ0) is 12.5. The van der Waals surface area contributed by atoms with E-state index in [0.29, 0.717) is 0 Å². The molecular formula is C7H7BrF2N2O3S. The fourth-order valence-corrected chi connectivity index (χ4v) is 2.79. The second-order valence-electron chi connectivity index (χ2n) is 2.71. The van der Waals surface area contributed by atoms with Gasteiger partial charge in [0.15, 0.2) is 10.6 Å². The molecule has 0 aromatic carbocycles. The van der Waals surface area contributed by atoms with Crippen LogP contribution in [0.4, 0.5) is 8.78 Å². The third kappa shape index (κ3) is 2.47. The third-order valence-corrected chi connectivity index (χ3v) is 3.51. The number of hydrogen-bond donors (Lipinski definition) is 1. The minimum Gasteiger partial charge on any atom is -0.495 e. The van der Waals surface area contributed by atoms with Crippen LogP contribution in [0.1, 0.15) is 12.0 Å². The monoisotopic (exact) mass is 316 g/mol. The molecule has 0 bridgehead atoms. The Labute approximate surface area is 98.8 Å². The first-order chi connectivity index (χ1) is 7.29. The average Bonchev–Trinajstić information content (AvgIpc) is 2.14. The van der Waals surface area contributed by atoms with Gasteiger partial charge in [-0.2, -0.15) is 0 Å².